The number of carbonyl (C=O) groups is 4. The van der Waals surface area contributed by atoms with Crippen LogP contribution in [0.5, 0.6) is 0 Å². The van der Waals surface area contributed by atoms with Crippen molar-refractivity contribution in [2.24, 2.45) is 28.0 Å². The molecule has 77 heavy (non-hydrogen) atoms. The van der Waals surface area contributed by atoms with Crippen LogP contribution in [0.2, 0.25) is 0 Å². The van der Waals surface area contributed by atoms with Crippen LogP contribution in [0.4, 0.5) is 0 Å². The first-order valence-corrected chi connectivity index (χ1v) is 30.2. The average Bonchev–Trinajstić information content (AvgIpc) is 4.42. The van der Waals surface area contributed by atoms with Gasteiger partial charge in [0.15, 0.2) is 32.4 Å². The Labute approximate surface area is 480 Å². The Hall–Kier alpha value is -4.87. The molecule has 4 aromatic heterocycles. The molecule has 0 spiro atoms. The Morgan fingerprint density at radius 2 is 0.714 bits per heavy atom. The van der Waals surface area contributed by atoms with Gasteiger partial charge >= 0.3 is 24.8 Å². The minimum atomic E-state index is -0.155. The van der Waals surface area contributed by atoms with E-state index in [1.54, 1.807) is 44.3 Å². The molecule has 0 N–H and O–H groups in total. The normalized spacial score (nSPS) is 16.9. The Kier molecular flexibility index (Phi) is 23.8. The molecule has 0 aliphatic carbocycles. The zero-order valence-corrected chi connectivity index (χ0v) is 50.6. The molecule has 0 fully saturated rings. The molecule has 17 heteroatoms. The van der Waals surface area contributed by atoms with E-state index in [0.717, 1.165) is 103 Å². The van der Waals surface area contributed by atoms with Gasteiger partial charge in [0.05, 0.1) is 34.8 Å². The first-order chi connectivity index (χ1) is 37.3. The van der Waals surface area contributed by atoms with E-state index in [2.05, 4.69) is 112 Å². The molecule has 1 radical (unpaired) electrons. The van der Waals surface area contributed by atoms with Crippen LogP contribution < -0.4 is 0 Å². The standard InChI is InChI=1S/C30H38Br2N2O4.C30H40N2O4.BHNS/c1-5-9-11-19(7-3)17-33-27(21-13-15-23(31)37-21)25-26(29(33)35)28(22-14-16-24(32)38-22)34(30(25)36)18-20(8-4)12-10-6-2;1-5-9-13-21(7-3)19-31-27(23-15-11-17-35-23)25-26(29(31)33)28(24-16-12-18-36-24)32(30(25)34)20-22(8-4)14-10-6-2;1-2-3/h13-16,19-20H,5-12,17-18H2,1-4H3;11-12,15-18,21-22H,5-10,13-14,19-20H2,1-4H3;3H. The summed E-state index contributed by atoms with van der Waals surface area (Å²) in [6, 6.07) is 14.6. The molecular weight excluding hydrogens is 1120 g/mol. The van der Waals surface area contributed by atoms with E-state index in [1.807, 2.05) is 36.4 Å². The molecule has 4 atom stereocenters. The van der Waals surface area contributed by atoms with E-state index in [0.29, 0.717) is 127 Å². The average molecular weight is 1200 g/mol. The summed E-state index contributed by atoms with van der Waals surface area (Å²) in [6.45, 7) is 19.7. The van der Waals surface area contributed by atoms with Gasteiger partial charge in [0.1, 0.15) is 22.8 Å². The zero-order valence-electron chi connectivity index (χ0n) is 46.5. The number of furan rings is 4. The second-order valence-electron chi connectivity index (χ2n) is 20.5. The zero-order chi connectivity index (χ0) is 55.8. The van der Waals surface area contributed by atoms with Crippen molar-refractivity contribution in [1.82, 2.24) is 19.6 Å². The summed E-state index contributed by atoms with van der Waals surface area (Å²) in [5, 5.41) is 0. The Bertz CT molecular complexity index is 2570. The van der Waals surface area contributed by atoms with Crippen LogP contribution in [0.15, 0.2) is 115 Å². The van der Waals surface area contributed by atoms with Gasteiger partial charge in [0.2, 0.25) is 0 Å². The molecule has 8 rings (SSSR count). The van der Waals surface area contributed by atoms with Gasteiger partial charge in [-0.3, -0.25) is 19.2 Å². The first-order valence-electron chi connectivity index (χ1n) is 28.2. The van der Waals surface area contributed by atoms with Gasteiger partial charge in [-0.05, 0) is 130 Å². The summed E-state index contributed by atoms with van der Waals surface area (Å²) in [5.74, 6) is 2.97. The van der Waals surface area contributed by atoms with Crippen molar-refractivity contribution >= 4 is 98.7 Å². The van der Waals surface area contributed by atoms with Gasteiger partial charge in [-0.1, -0.05) is 132 Å². The molecule has 4 unspecified atom stereocenters. The molecule has 0 saturated heterocycles. The number of carbonyl (C=O) groups excluding carboxylic acids is 4. The third-order valence-electron chi connectivity index (χ3n) is 15.4. The van der Waals surface area contributed by atoms with E-state index >= 15 is 0 Å². The second kappa shape index (κ2) is 29.9. The Morgan fingerprint density at radius 3 is 0.909 bits per heavy atom. The number of nitrogens with zero attached hydrogens (tertiary/aromatic N) is 5. The van der Waals surface area contributed by atoms with Crippen LogP contribution in [0, 0.1) is 23.7 Å². The SMILES string of the molecule is CCCCC(CC)CN1C(=O)C2=C(c3ccc(Br)o3)N(CC(CC)CCCC)C(=O)C2=C1c1ccc(Br)o1.CCCCC(CC)CN1C(=O)C2=C(c3ccco3)N(CC(CC)CCCC)C(=O)C2=C1c1ccco1.[B]=NS. The van der Waals surface area contributed by atoms with E-state index in [4.69, 9.17) is 17.7 Å². The summed E-state index contributed by atoms with van der Waals surface area (Å²) in [4.78, 5) is 63.9. The summed E-state index contributed by atoms with van der Waals surface area (Å²) >= 11 is 10.0. The third-order valence-corrected chi connectivity index (χ3v) is 16.3. The first kappa shape index (κ1) is 61.3. The van der Waals surface area contributed by atoms with E-state index < -0.39 is 0 Å². The number of hydrogen-bond donors (Lipinski definition) is 1. The fraction of sp³-hybridized carbons (Fsp3) is 0.533. The minimum absolute atomic E-state index is 0.129. The molecule has 0 bridgehead atoms. The molecule has 0 saturated carbocycles. The molecule has 4 aliphatic rings. The van der Waals surface area contributed by atoms with Gasteiger partial charge in [0.25, 0.3) is 23.6 Å². The van der Waals surface area contributed by atoms with E-state index in [1.165, 1.54) is 0 Å². The van der Waals surface area contributed by atoms with Gasteiger partial charge in [-0.2, -0.15) is 0 Å². The van der Waals surface area contributed by atoms with Crippen molar-refractivity contribution in [2.45, 2.75) is 158 Å². The van der Waals surface area contributed by atoms with Crippen LogP contribution in [0.1, 0.15) is 181 Å². The topological polar surface area (TPSA) is 146 Å². The van der Waals surface area contributed by atoms with Crippen molar-refractivity contribution in [3.63, 3.8) is 0 Å². The number of unbranched alkanes of at least 4 members (excludes halogenated alkanes) is 4. The van der Waals surface area contributed by atoms with Crippen LogP contribution in [0.25, 0.3) is 22.8 Å². The molecule has 4 aromatic rings. The third kappa shape index (κ3) is 14.1. The van der Waals surface area contributed by atoms with Gasteiger partial charge < -0.3 is 37.3 Å². The van der Waals surface area contributed by atoms with Gasteiger partial charge in [-0.15, -0.1) is 0 Å². The summed E-state index contributed by atoms with van der Waals surface area (Å²) in [5.41, 5.74) is 4.12. The van der Waals surface area contributed by atoms with Crippen LogP contribution >= 0.6 is 44.7 Å². The Balaban J connectivity index is 0.000000238. The quantitative estimate of drug-likeness (QED) is 0.0437. The van der Waals surface area contributed by atoms with Crippen molar-refractivity contribution in [3.05, 3.63) is 116 Å². The number of fused-ring (bicyclic) bond motifs is 2. The van der Waals surface area contributed by atoms with Gasteiger partial charge in [0, 0.05) is 26.2 Å². The second-order valence-corrected chi connectivity index (χ2v) is 22.3. The number of amides is 4. The van der Waals surface area contributed by atoms with Crippen molar-refractivity contribution in [3.8, 4) is 0 Å². The van der Waals surface area contributed by atoms with Crippen LogP contribution in [0.3, 0.4) is 0 Å². The van der Waals surface area contributed by atoms with Crippen LogP contribution in [-0.4, -0.2) is 77.0 Å². The number of rotatable bonds is 28. The van der Waals surface area contributed by atoms with Gasteiger partial charge in [-0.25, -0.2) is 0 Å². The maximum absolute atomic E-state index is 14.3. The van der Waals surface area contributed by atoms with Crippen molar-refractivity contribution in [1.29, 1.82) is 0 Å². The fourth-order valence-electron chi connectivity index (χ4n) is 10.9. The molecule has 8 heterocycles. The maximum atomic E-state index is 14.3. The summed E-state index contributed by atoms with van der Waals surface area (Å²) in [7, 11) is 4.34. The van der Waals surface area contributed by atoms with Crippen molar-refractivity contribution < 1.29 is 36.8 Å². The molecule has 415 valence electrons. The monoisotopic (exact) mass is 1200 g/mol. The van der Waals surface area contributed by atoms with Crippen molar-refractivity contribution in [2.75, 3.05) is 26.2 Å². The summed E-state index contributed by atoms with van der Waals surface area (Å²) in [6.07, 6.45) is 20.2. The number of halogens is 2. The molecule has 13 nitrogen and oxygen atoms in total. The molecular formula is C60H79BBr2N5O8S. The fourth-order valence-corrected chi connectivity index (χ4v) is 11.5. The van der Waals surface area contributed by atoms with E-state index in [9.17, 15) is 19.2 Å². The Morgan fingerprint density at radius 1 is 0.455 bits per heavy atom. The number of thiol groups is 1. The molecule has 0 aromatic carbocycles. The van der Waals surface area contributed by atoms with E-state index in [-0.39, 0.29) is 23.6 Å². The predicted molar refractivity (Wildman–Crippen MR) is 315 cm³/mol. The molecule has 4 amide bonds. The molecule has 4 aliphatic heterocycles. The summed E-state index contributed by atoms with van der Waals surface area (Å²) < 4.78 is 27.4. The van der Waals surface area contributed by atoms with Crippen LogP contribution in [-0.2, 0) is 19.2 Å². The predicted octanol–water partition coefficient (Wildman–Crippen LogP) is 15.9. The number of hydrogen-bond acceptors (Lipinski definition) is 10.